The molecule has 5 heterocycles. The second-order valence-electron chi connectivity index (χ2n) is 24.9. The first kappa shape index (κ1) is 44.2. The van der Waals surface area contributed by atoms with Gasteiger partial charge in [0.25, 0.3) is 6.71 Å². The fourth-order valence-electron chi connectivity index (χ4n) is 14.1. The van der Waals surface area contributed by atoms with Gasteiger partial charge in [-0.05, 0) is 161 Å². The van der Waals surface area contributed by atoms with Gasteiger partial charge >= 0.3 is 0 Å². The summed E-state index contributed by atoms with van der Waals surface area (Å²) in [6, 6.07) is 56.4. The number of benzene rings is 8. The summed E-state index contributed by atoms with van der Waals surface area (Å²) in [4.78, 5) is 0. The SMILES string of the molecule is CCC(C)(C)c1ccc2c(c1)c1cc(C(C)(C)CC)cc3c1n2-c1c(-c2ccccc2)cc2c4c1B3c1cc(C(C)(C)CC)cc3c5cc(C(C)(C)CC)cc(c5n-4c13)C21c2ccccc2-c2ccccc21. The second kappa shape index (κ2) is 14.3. The molecule has 3 aliphatic heterocycles. The van der Waals surface area contributed by atoms with Gasteiger partial charge in [-0.3, -0.25) is 0 Å². The Bertz CT molecular complexity index is 3990. The Kier molecular flexibility index (Phi) is 8.79. The molecule has 0 amide bonds. The van der Waals surface area contributed by atoms with E-state index in [0.29, 0.717) is 0 Å². The first-order valence-corrected chi connectivity index (χ1v) is 27.3. The van der Waals surface area contributed by atoms with Gasteiger partial charge in [0.15, 0.2) is 0 Å². The van der Waals surface area contributed by atoms with Crippen LogP contribution < -0.4 is 16.4 Å². The van der Waals surface area contributed by atoms with Gasteiger partial charge in [-0.2, -0.15) is 0 Å². The molecule has 1 spiro atoms. The lowest BCUT2D eigenvalue weighted by atomic mass is 9.33. The van der Waals surface area contributed by atoms with E-state index in [4.69, 9.17) is 0 Å². The van der Waals surface area contributed by atoms with Gasteiger partial charge in [0.2, 0.25) is 0 Å². The summed E-state index contributed by atoms with van der Waals surface area (Å²) in [5, 5.41) is 5.53. The number of nitrogens with zero attached hydrogens (tertiary/aromatic N) is 2. The molecule has 8 aromatic carbocycles. The molecular weight excluding hydrogens is 868 g/mol. The van der Waals surface area contributed by atoms with Crippen molar-refractivity contribution in [2.24, 2.45) is 0 Å². The molecule has 10 aromatic rings. The monoisotopic (exact) mass is 935 g/mol. The quantitative estimate of drug-likeness (QED) is 0.128. The van der Waals surface area contributed by atoms with E-state index in [1.165, 1.54) is 138 Å². The largest absolute Gasteiger partial charge is 0.310 e. The minimum atomic E-state index is -0.585. The summed E-state index contributed by atoms with van der Waals surface area (Å²) in [7, 11) is 0. The Balaban J connectivity index is 1.30. The minimum Gasteiger partial charge on any atom is -0.310 e. The van der Waals surface area contributed by atoms with Gasteiger partial charge in [0.1, 0.15) is 0 Å². The molecule has 0 saturated carbocycles. The van der Waals surface area contributed by atoms with Crippen LogP contribution in [0.25, 0.3) is 77.2 Å². The Morgan fingerprint density at radius 3 is 1.43 bits per heavy atom. The number of aromatic nitrogens is 2. The maximum Gasteiger partial charge on any atom is 0.252 e. The minimum absolute atomic E-state index is 0.0140. The van der Waals surface area contributed by atoms with Crippen molar-refractivity contribution < 1.29 is 0 Å². The van der Waals surface area contributed by atoms with E-state index in [2.05, 4.69) is 232 Å². The van der Waals surface area contributed by atoms with Crippen molar-refractivity contribution in [2.45, 2.75) is 136 Å². The molecule has 0 radical (unpaired) electrons. The average molecular weight is 935 g/mol. The van der Waals surface area contributed by atoms with Crippen LogP contribution in [0.1, 0.15) is 153 Å². The van der Waals surface area contributed by atoms with Crippen molar-refractivity contribution in [3.8, 4) is 33.6 Å². The fraction of sp³-hybridized carbons (Fsp3) is 0.304. The van der Waals surface area contributed by atoms with Crippen molar-refractivity contribution in [1.82, 2.24) is 9.13 Å². The third-order valence-electron chi connectivity index (χ3n) is 20.1. The first-order valence-electron chi connectivity index (χ1n) is 27.3. The summed E-state index contributed by atoms with van der Waals surface area (Å²) in [5.74, 6) is 0. The summed E-state index contributed by atoms with van der Waals surface area (Å²) < 4.78 is 5.58. The van der Waals surface area contributed by atoms with Crippen molar-refractivity contribution in [2.75, 3.05) is 0 Å². The smallest absolute Gasteiger partial charge is 0.252 e. The molecule has 1 aliphatic carbocycles. The third kappa shape index (κ3) is 5.28. The van der Waals surface area contributed by atoms with E-state index >= 15 is 0 Å². The zero-order valence-corrected chi connectivity index (χ0v) is 44.6. The third-order valence-corrected chi connectivity index (χ3v) is 20.1. The van der Waals surface area contributed by atoms with Crippen LogP contribution in [-0.2, 0) is 27.1 Å². The predicted octanol–water partition coefficient (Wildman–Crippen LogP) is 16.1. The van der Waals surface area contributed by atoms with Crippen LogP contribution in [0, 0.1) is 0 Å². The standard InChI is InChI=1S/C69H67BN2/c1-13-65(5,6)41-30-31-58-48(32-41)49-34-43(67(9,10)15-3)37-56-61(49)71(58)63-47(40-24-18-17-19-25-40)39-55-64-59(63)70(56)57-38-44(68(11,12)16-4)35-51-50-33-42(66(7,8)14-2)36-54(60(50)72(64)62(51)57)69(55)52-28-22-20-26-45(52)46-27-21-23-29-53(46)69/h17-39H,13-16H2,1-12H3. The Labute approximate surface area is 427 Å². The number of hydrogen-bond donors (Lipinski definition) is 0. The lowest BCUT2D eigenvalue weighted by molar-refractivity contribution is 0.505. The van der Waals surface area contributed by atoms with Crippen molar-refractivity contribution in [1.29, 1.82) is 0 Å². The Morgan fingerprint density at radius 1 is 0.389 bits per heavy atom. The van der Waals surface area contributed by atoms with Gasteiger partial charge in [0, 0.05) is 43.8 Å². The van der Waals surface area contributed by atoms with Crippen molar-refractivity contribution >= 4 is 66.7 Å². The predicted molar refractivity (Wildman–Crippen MR) is 309 cm³/mol. The first-order chi connectivity index (χ1) is 34.5. The van der Waals surface area contributed by atoms with Crippen LogP contribution in [0.5, 0.6) is 0 Å². The highest BCUT2D eigenvalue weighted by molar-refractivity contribution is 7.00. The van der Waals surface area contributed by atoms with Gasteiger partial charge < -0.3 is 9.13 Å². The number of fused-ring (bicyclic) bond motifs is 14. The van der Waals surface area contributed by atoms with Crippen molar-refractivity contribution in [3.05, 3.63) is 184 Å². The molecular formula is C69H67BN2. The maximum absolute atomic E-state index is 2.82. The molecule has 0 N–H and O–H groups in total. The summed E-state index contributed by atoms with van der Waals surface area (Å²) in [6.07, 6.45) is 4.23. The van der Waals surface area contributed by atoms with Crippen LogP contribution >= 0.6 is 0 Å². The molecule has 4 aliphatic rings. The zero-order chi connectivity index (χ0) is 49.8. The molecule has 0 saturated heterocycles. The van der Waals surface area contributed by atoms with E-state index in [9.17, 15) is 0 Å². The molecule has 0 unspecified atom stereocenters. The molecule has 0 atom stereocenters. The molecule has 0 fully saturated rings. The van der Waals surface area contributed by atoms with Crippen LogP contribution in [0.4, 0.5) is 0 Å². The highest BCUT2D eigenvalue weighted by Crippen LogP contribution is 2.63. The fourth-order valence-corrected chi connectivity index (χ4v) is 14.1. The molecule has 2 aromatic heterocycles. The van der Waals surface area contributed by atoms with Crippen LogP contribution in [-0.4, -0.2) is 15.8 Å². The van der Waals surface area contributed by atoms with Gasteiger partial charge in [-0.15, -0.1) is 0 Å². The summed E-state index contributed by atoms with van der Waals surface area (Å²) >= 11 is 0. The number of hydrogen-bond acceptors (Lipinski definition) is 0. The van der Waals surface area contributed by atoms with Gasteiger partial charge in [-0.25, -0.2) is 0 Å². The van der Waals surface area contributed by atoms with Crippen LogP contribution in [0.15, 0.2) is 140 Å². The summed E-state index contributed by atoms with van der Waals surface area (Å²) in [6.45, 7) is 29.1. The van der Waals surface area contributed by atoms with Gasteiger partial charge in [0.05, 0.1) is 22.1 Å². The lowest BCUT2D eigenvalue weighted by Gasteiger charge is -2.45. The molecule has 14 rings (SSSR count). The molecule has 72 heavy (non-hydrogen) atoms. The molecule has 0 bridgehead atoms. The highest BCUT2D eigenvalue weighted by Gasteiger charge is 2.55. The number of rotatable bonds is 9. The van der Waals surface area contributed by atoms with E-state index in [0.717, 1.165) is 25.7 Å². The maximum atomic E-state index is 2.82. The topological polar surface area (TPSA) is 9.86 Å². The molecule has 3 heteroatoms. The highest BCUT2D eigenvalue weighted by atomic mass is 15.1. The van der Waals surface area contributed by atoms with Crippen molar-refractivity contribution in [3.63, 3.8) is 0 Å². The lowest BCUT2D eigenvalue weighted by Crippen LogP contribution is -2.61. The van der Waals surface area contributed by atoms with E-state index in [1.54, 1.807) is 0 Å². The zero-order valence-electron chi connectivity index (χ0n) is 44.6. The molecule has 2 nitrogen and oxygen atoms in total. The van der Waals surface area contributed by atoms with E-state index < -0.39 is 5.41 Å². The van der Waals surface area contributed by atoms with Crippen LogP contribution in [0.3, 0.4) is 0 Å². The Hall–Kier alpha value is -6.58. The van der Waals surface area contributed by atoms with E-state index in [-0.39, 0.29) is 28.4 Å². The Morgan fingerprint density at radius 2 is 0.861 bits per heavy atom. The summed E-state index contributed by atoms with van der Waals surface area (Å²) in [5.41, 5.74) is 28.4. The average Bonchev–Trinajstić information content (AvgIpc) is 4.02. The van der Waals surface area contributed by atoms with Gasteiger partial charge in [-0.1, -0.05) is 186 Å². The molecule has 356 valence electrons. The normalized spacial score (nSPS) is 15.0. The second-order valence-corrected chi connectivity index (χ2v) is 24.9. The van der Waals surface area contributed by atoms with Crippen LogP contribution in [0.2, 0.25) is 0 Å². The van der Waals surface area contributed by atoms with E-state index in [1.807, 2.05) is 0 Å².